The van der Waals surface area contributed by atoms with E-state index in [2.05, 4.69) is 18.1 Å². The molecule has 3 N–H and O–H groups in total. The molecule has 0 saturated heterocycles. The van der Waals surface area contributed by atoms with E-state index in [1.165, 1.54) is 11.9 Å². The van der Waals surface area contributed by atoms with Gasteiger partial charge in [-0.3, -0.25) is 5.14 Å². The van der Waals surface area contributed by atoms with Crippen LogP contribution < -0.4 is 15.7 Å². The Bertz CT molecular complexity index is 350. The lowest BCUT2D eigenvalue weighted by Gasteiger charge is -1.90. The Morgan fingerprint density at radius 1 is 1.73 bits per heavy atom. The molecule has 0 atom stereocenters. The van der Waals surface area contributed by atoms with Gasteiger partial charge in [0.05, 0.1) is 5.35 Å². The highest BCUT2D eigenvalue weighted by molar-refractivity contribution is 8.06. The van der Waals surface area contributed by atoms with Gasteiger partial charge in [0.2, 0.25) is 0 Å². The van der Waals surface area contributed by atoms with E-state index >= 15 is 0 Å². The minimum atomic E-state index is 0.917. The van der Waals surface area contributed by atoms with Crippen molar-refractivity contribution in [3.8, 4) is 0 Å². The van der Waals surface area contributed by atoms with Crippen LogP contribution in [0, 0.1) is 0 Å². The molecule has 0 unspecified atom stereocenters. The van der Waals surface area contributed by atoms with Crippen LogP contribution in [-0.2, 0) is 0 Å². The van der Waals surface area contributed by atoms with E-state index in [9.17, 15) is 0 Å². The van der Waals surface area contributed by atoms with Gasteiger partial charge < -0.3 is 4.98 Å². The van der Waals surface area contributed by atoms with Crippen molar-refractivity contribution >= 4 is 23.4 Å². The smallest absolute Gasteiger partial charge is 0.0599 e. The molecule has 0 amide bonds. The van der Waals surface area contributed by atoms with Gasteiger partial charge in [0.25, 0.3) is 0 Å². The van der Waals surface area contributed by atoms with Crippen LogP contribution >= 0.6 is 11.9 Å². The van der Waals surface area contributed by atoms with E-state index in [-0.39, 0.29) is 0 Å². The van der Waals surface area contributed by atoms with Gasteiger partial charge in [-0.25, -0.2) is 0 Å². The third-order valence-electron chi connectivity index (χ3n) is 1.39. The monoisotopic (exact) mass is 166 g/mol. The molecule has 1 aromatic heterocycles. The van der Waals surface area contributed by atoms with Crippen LogP contribution in [0.3, 0.4) is 0 Å². The molecular weight excluding hydrogens is 156 g/mol. The molecule has 2 nitrogen and oxygen atoms in total. The molecular formula is C8H10N2S. The third-order valence-corrected chi connectivity index (χ3v) is 2.02. The SMILES string of the molecule is C=C/C(SN)=c1/[nH]ccc1=C. The van der Waals surface area contributed by atoms with E-state index in [0.29, 0.717) is 0 Å². The number of rotatable bonds is 2. The molecule has 0 bridgehead atoms. The molecule has 1 rings (SSSR count). The topological polar surface area (TPSA) is 41.8 Å². The van der Waals surface area contributed by atoms with Gasteiger partial charge in [-0.15, -0.1) is 0 Å². The van der Waals surface area contributed by atoms with Crippen LogP contribution in [0.5, 0.6) is 0 Å². The minimum absolute atomic E-state index is 0.917. The summed E-state index contributed by atoms with van der Waals surface area (Å²) >= 11 is 1.17. The molecule has 0 spiro atoms. The van der Waals surface area contributed by atoms with Crippen LogP contribution in [0.25, 0.3) is 11.5 Å². The summed E-state index contributed by atoms with van der Waals surface area (Å²) in [5.41, 5.74) is 0. The zero-order chi connectivity index (χ0) is 8.27. The first kappa shape index (κ1) is 8.17. The first-order chi connectivity index (χ1) is 5.29. The van der Waals surface area contributed by atoms with Crippen LogP contribution in [-0.4, -0.2) is 4.98 Å². The summed E-state index contributed by atoms with van der Waals surface area (Å²) in [5, 5.41) is 7.30. The molecule has 0 aromatic carbocycles. The summed E-state index contributed by atoms with van der Waals surface area (Å²) in [5.74, 6) is 0. The maximum atomic E-state index is 5.40. The van der Waals surface area contributed by atoms with Crippen molar-refractivity contribution in [2.24, 2.45) is 5.14 Å². The molecule has 1 heterocycles. The summed E-state index contributed by atoms with van der Waals surface area (Å²) in [4.78, 5) is 3.95. The third kappa shape index (κ3) is 1.56. The van der Waals surface area contributed by atoms with E-state index in [1.807, 2.05) is 12.3 Å². The second-order valence-corrected chi connectivity index (χ2v) is 2.74. The lowest BCUT2D eigenvalue weighted by molar-refractivity contribution is 1.32. The van der Waals surface area contributed by atoms with E-state index in [4.69, 9.17) is 5.14 Å². The largest absolute Gasteiger partial charge is 0.360 e. The highest BCUT2D eigenvalue weighted by Crippen LogP contribution is 2.05. The summed E-state index contributed by atoms with van der Waals surface area (Å²) in [7, 11) is 0. The highest BCUT2D eigenvalue weighted by Gasteiger charge is 1.91. The molecule has 0 aliphatic carbocycles. The lowest BCUT2D eigenvalue weighted by Crippen LogP contribution is -2.22. The number of hydrogen-bond donors (Lipinski definition) is 2. The van der Waals surface area contributed by atoms with E-state index in [0.717, 1.165) is 15.5 Å². The summed E-state index contributed by atoms with van der Waals surface area (Å²) in [6.45, 7) is 7.47. The fourth-order valence-electron chi connectivity index (χ4n) is 0.840. The van der Waals surface area contributed by atoms with Gasteiger partial charge in [-0.1, -0.05) is 19.2 Å². The predicted molar refractivity (Wildman–Crippen MR) is 50.9 cm³/mol. The van der Waals surface area contributed by atoms with Gasteiger partial charge in [-0.2, -0.15) is 0 Å². The number of nitrogens with two attached hydrogens (primary N) is 1. The standard InChI is InChI=1S/C8H10N2S/c1-3-7(11-9)8-6(2)4-5-10-8/h3-5,10H,1-2,9H2/b8-7-. The molecule has 3 heteroatoms. The number of nitrogens with one attached hydrogen (secondary N) is 1. The second-order valence-electron chi connectivity index (χ2n) is 2.06. The second kappa shape index (κ2) is 3.46. The van der Waals surface area contributed by atoms with Crippen molar-refractivity contribution in [3.63, 3.8) is 0 Å². The zero-order valence-electron chi connectivity index (χ0n) is 6.13. The summed E-state index contributed by atoms with van der Waals surface area (Å²) in [6, 6.07) is 1.90. The molecule has 0 saturated carbocycles. The Labute approximate surface area is 69.6 Å². The highest BCUT2D eigenvalue weighted by atomic mass is 32.2. The molecule has 0 aliphatic rings. The van der Waals surface area contributed by atoms with Gasteiger partial charge in [0.15, 0.2) is 0 Å². The van der Waals surface area contributed by atoms with Crippen molar-refractivity contribution in [1.29, 1.82) is 0 Å². The molecule has 0 radical (unpaired) electrons. The van der Waals surface area contributed by atoms with Gasteiger partial charge in [-0.05, 0) is 23.2 Å². The molecule has 0 fully saturated rings. The molecule has 0 aliphatic heterocycles. The Hall–Kier alpha value is -0.930. The van der Waals surface area contributed by atoms with Crippen molar-refractivity contribution in [1.82, 2.24) is 4.98 Å². The van der Waals surface area contributed by atoms with Crippen LogP contribution in [0.1, 0.15) is 0 Å². The van der Waals surface area contributed by atoms with E-state index in [1.54, 1.807) is 6.08 Å². The van der Waals surface area contributed by atoms with E-state index < -0.39 is 0 Å². The average Bonchev–Trinajstić information content (AvgIpc) is 2.40. The first-order valence-corrected chi connectivity index (χ1v) is 4.03. The Morgan fingerprint density at radius 3 is 2.82 bits per heavy atom. The minimum Gasteiger partial charge on any atom is -0.360 e. The van der Waals surface area contributed by atoms with Crippen molar-refractivity contribution in [2.75, 3.05) is 0 Å². The summed E-state index contributed by atoms with van der Waals surface area (Å²) < 4.78 is 0. The normalized spacial score (nSPS) is 12.8. The predicted octanol–water partition coefficient (Wildman–Crippen LogP) is 0.326. The van der Waals surface area contributed by atoms with Crippen LogP contribution in [0.4, 0.5) is 0 Å². The number of aromatic nitrogens is 1. The maximum Gasteiger partial charge on any atom is 0.0599 e. The Kier molecular flexibility index (Phi) is 2.57. The molecule has 11 heavy (non-hydrogen) atoms. The van der Waals surface area contributed by atoms with Gasteiger partial charge in [0, 0.05) is 11.1 Å². The Balaban J connectivity index is 3.46. The quantitative estimate of drug-likeness (QED) is 0.622. The first-order valence-electron chi connectivity index (χ1n) is 3.15. The van der Waals surface area contributed by atoms with Crippen LogP contribution in [0.15, 0.2) is 24.9 Å². The van der Waals surface area contributed by atoms with Gasteiger partial charge in [0.1, 0.15) is 0 Å². The number of hydrogen-bond acceptors (Lipinski definition) is 2. The van der Waals surface area contributed by atoms with Crippen LogP contribution in [0.2, 0.25) is 0 Å². The van der Waals surface area contributed by atoms with Gasteiger partial charge >= 0.3 is 0 Å². The zero-order valence-corrected chi connectivity index (χ0v) is 6.95. The fraction of sp³-hybridized carbons (Fsp3) is 0. The average molecular weight is 166 g/mol. The molecule has 1 aromatic rings. The number of H-pyrrole nitrogens is 1. The Morgan fingerprint density at radius 2 is 2.45 bits per heavy atom. The lowest BCUT2D eigenvalue weighted by atomic mass is 10.4. The van der Waals surface area contributed by atoms with Crippen molar-refractivity contribution in [3.05, 3.63) is 35.5 Å². The fourth-order valence-corrected chi connectivity index (χ4v) is 1.24. The summed E-state index contributed by atoms with van der Waals surface area (Å²) in [6.07, 6.45) is 3.54. The van der Waals surface area contributed by atoms with Crippen molar-refractivity contribution < 1.29 is 0 Å². The number of aromatic amines is 1. The molecule has 58 valence electrons. The maximum absolute atomic E-state index is 5.40. The van der Waals surface area contributed by atoms with Crippen molar-refractivity contribution in [2.45, 2.75) is 0 Å².